The molecule has 1 aromatic heterocycles. The van der Waals surface area contributed by atoms with Crippen LogP contribution in [0.3, 0.4) is 0 Å². The molecule has 0 spiro atoms. The molecule has 9 nitrogen and oxygen atoms in total. The van der Waals surface area contributed by atoms with Gasteiger partial charge >= 0.3 is 6.09 Å². The Labute approximate surface area is 177 Å². The van der Waals surface area contributed by atoms with E-state index in [1.807, 2.05) is 34.9 Å². The van der Waals surface area contributed by atoms with Crippen molar-refractivity contribution in [3.8, 4) is 0 Å². The van der Waals surface area contributed by atoms with E-state index < -0.39 is 11.7 Å². The topological polar surface area (TPSA) is 88.0 Å². The Bertz CT molecular complexity index is 881. The van der Waals surface area contributed by atoms with Gasteiger partial charge in [-0.15, -0.1) is 0 Å². The smallest absolute Gasteiger partial charge is 0.410 e. The quantitative estimate of drug-likeness (QED) is 0.693. The standard InChI is InChI=1S/C21H31N5O4/c1-21(2,3)30-20(29)25-10-7-16-15(13-25)18-19(28)24(6)11-14(12-26(18)22-16)17(27)8-9-23(4)5/h8-9,14H,7,10-13H2,1-6H3. The molecule has 3 rings (SSSR count). The monoisotopic (exact) mass is 417 g/mol. The number of ketones is 1. The minimum absolute atomic E-state index is 0.0416. The van der Waals surface area contributed by atoms with Crippen molar-refractivity contribution < 1.29 is 19.1 Å². The Balaban J connectivity index is 1.87. The zero-order valence-electron chi connectivity index (χ0n) is 18.6. The predicted octanol–water partition coefficient (Wildman–Crippen LogP) is 1.52. The first-order valence-electron chi connectivity index (χ1n) is 10.2. The number of carbonyl (C=O) groups is 3. The highest BCUT2D eigenvalue weighted by Gasteiger charge is 2.36. The predicted molar refractivity (Wildman–Crippen MR) is 111 cm³/mol. The molecular formula is C21H31N5O4. The van der Waals surface area contributed by atoms with Crippen molar-refractivity contribution in [2.45, 2.75) is 45.9 Å². The molecule has 0 aromatic carbocycles. The number of carbonyl (C=O) groups excluding carboxylic acids is 3. The first-order valence-corrected chi connectivity index (χ1v) is 10.2. The lowest BCUT2D eigenvalue weighted by molar-refractivity contribution is -0.118. The molecule has 2 aliphatic rings. The van der Waals surface area contributed by atoms with Crippen LogP contribution >= 0.6 is 0 Å². The first-order chi connectivity index (χ1) is 14.0. The fourth-order valence-electron chi connectivity index (χ4n) is 3.68. The van der Waals surface area contributed by atoms with Gasteiger partial charge in [0, 0.05) is 52.4 Å². The molecule has 2 aliphatic heterocycles. The van der Waals surface area contributed by atoms with Gasteiger partial charge in [0.05, 0.1) is 24.7 Å². The molecule has 0 saturated carbocycles. The lowest BCUT2D eigenvalue weighted by atomic mass is 10.0. The molecule has 2 amide bonds. The molecule has 1 unspecified atom stereocenters. The summed E-state index contributed by atoms with van der Waals surface area (Å²) in [6.45, 7) is 6.89. The summed E-state index contributed by atoms with van der Waals surface area (Å²) in [5.74, 6) is -0.596. The number of aromatic nitrogens is 2. The van der Waals surface area contributed by atoms with Crippen molar-refractivity contribution >= 4 is 17.8 Å². The fraction of sp³-hybridized carbons (Fsp3) is 0.619. The molecule has 164 valence electrons. The van der Waals surface area contributed by atoms with Gasteiger partial charge in [0.25, 0.3) is 5.91 Å². The van der Waals surface area contributed by atoms with Gasteiger partial charge in [0.15, 0.2) is 5.78 Å². The Kier molecular flexibility index (Phi) is 5.92. The van der Waals surface area contributed by atoms with Gasteiger partial charge in [-0.05, 0) is 26.8 Å². The summed E-state index contributed by atoms with van der Waals surface area (Å²) >= 11 is 0. The second-order valence-electron chi connectivity index (χ2n) is 9.17. The maximum absolute atomic E-state index is 13.1. The van der Waals surface area contributed by atoms with Crippen LogP contribution < -0.4 is 0 Å². The van der Waals surface area contributed by atoms with E-state index in [1.165, 1.54) is 0 Å². The van der Waals surface area contributed by atoms with E-state index in [4.69, 9.17) is 4.74 Å². The van der Waals surface area contributed by atoms with E-state index in [9.17, 15) is 14.4 Å². The average Bonchev–Trinajstić information content (AvgIpc) is 2.94. The summed E-state index contributed by atoms with van der Waals surface area (Å²) < 4.78 is 7.14. The van der Waals surface area contributed by atoms with Crippen LogP contribution in [0, 0.1) is 5.92 Å². The lowest BCUT2D eigenvalue weighted by Gasteiger charge is -2.30. The van der Waals surface area contributed by atoms with Gasteiger partial charge in [-0.25, -0.2) is 4.79 Å². The normalized spacial score (nSPS) is 19.4. The van der Waals surface area contributed by atoms with Crippen molar-refractivity contribution in [3.63, 3.8) is 0 Å². The van der Waals surface area contributed by atoms with Crippen LogP contribution in [0.4, 0.5) is 4.79 Å². The number of amides is 2. The third-order valence-electron chi connectivity index (χ3n) is 5.13. The molecule has 0 radical (unpaired) electrons. The van der Waals surface area contributed by atoms with Gasteiger partial charge < -0.3 is 19.4 Å². The maximum atomic E-state index is 13.1. The summed E-state index contributed by atoms with van der Waals surface area (Å²) in [4.78, 5) is 43.3. The molecule has 1 aromatic rings. The Morgan fingerprint density at radius 3 is 2.57 bits per heavy atom. The van der Waals surface area contributed by atoms with E-state index in [1.54, 1.807) is 38.7 Å². The minimum Gasteiger partial charge on any atom is -0.444 e. The summed E-state index contributed by atoms with van der Waals surface area (Å²) in [6.07, 6.45) is 3.40. The third kappa shape index (κ3) is 4.66. The van der Waals surface area contributed by atoms with Crippen molar-refractivity contribution in [2.24, 2.45) is 5.92 Å². The molecule has 3 heterocycles. The number of fused-ring (bicyclic) bond motifs is 3. The molecule has 30 heavy (non-hydrogen) atoms. The maximum Gasteiger partial charge on any atom is 0.410 e. The number of hydrogen-bond acceptors (Lipinski definition) is 6. The molecule has 0 N–H and O–H groups in total. The zero-order valence-corrected chi connectivity index (χ0v) is 18.6. The van der Waals surface area contributed by atoms with E-state index >= 15 is 0 Å². The molecule has 9 heteroatoms. The molecule has 0 bridgehead atoms. The van der Waals surface area contributed by atoms with Crippen LogP contribution in [0.15, 0.2) is 12.3 Å². The van der Waals surface area contributed by atoms with Crippen molar-refractivity contribution in [1.82, 2.24) is 24.5 Å². The van der Waals surface area contributed by atoms with Crippen LogP contribution in [0.2, 0.25) is 0 Å². The number of ether oxygens (including phenoxy) is 1. The number of nitrogens with zero attached hydrogens (tertiary/aromatic N) is 5. The summed E-state index contributed by atoms with van der Waals surface area (Å²) in [6, 6.07) is 0. The van der Waals surface area contributed by atoms with Gasteiger partial charge in [0.1, 0.15) is 11.3 Å². The first kappa shape index (κ1) is 21.9. The number of allylic oxidation sites excluding steroid dienone is 1. The second kappa shape index (κ2) is 8.12. The minimum atomic E-state index is -0.586. The number of hydrogen-bond donors (Lipinski definition) is 0. The third-order valence-corrected chi connectivity index (χ3v) is 5.13. The molecular weight excluding hydrogens is 386 g/mol. The van der Waals surface area contributed by atoms with E-state index in [0.717, 1.165) is 11.3 Å². The average molecular weight is 418 g/mol. The summed E-state index contributed by atoms with van der Waals surface area (Å²) in [7, 11) is 5.40. The van der Waals surface area contributed by atoms with Crippen LogP contribution in [0.5, 0.6) is 0 Å². The van der Waals surface area contributed by atoms with Crippen LogP contribution in [-0.2, 0) is 29.0 Å². The van der Waals surface area contributed by atoms with Gasteiger partial charge in [-0.1, -0.05) is 0 Å². The highest BCUT2D eigenvalue weighted by Crippen LogP contribution is 2.27. The molecule has 1 atom stereocenters. The number of rotatable bonds is 3. The van der Waals surface area contributed by atoms with Crippen LogP contribution in [-0.4, -0.2) is 82.1 Å². The van der Waals surface area contributed by atoms with Gasteiger partial charge in [-0.2, -0.15) is 5.10 Å². The molecule has 0 fully saturated rings. The van der Waals surface area contributed by atoms with Crippen LogP contribution in [0.25, 0.3) is 0 Å². The second-order valence-corrected chi connectivity index (χ2v) is 9.17. The summed E-state index contributed by atoms with van der Waals surface area (Å²) in [5.41, 5.74) is 1.44. The van der Waals surface area contributed by atoms with Crippen molar-refractivity contribution in [1.29, 1.82) is 0 Å². The fourth-order valence-corrected chi connectivity index (χ4v) is 3.68. The van der Waals surface area contributed by atoms with E-state index in [0.29, 0.717) is 31.7 Å². The summed E-state index contributed by atoms with van der Waals surface area (Å²) in [5, 5.41) is 4.64. The Morgan fingerprint density at radius 2 is 1.93 bits per heavy atom. The van der Waals surface area contributed by atoms with E-state index in [2.05, 4.69) is 5.10 Å². The van der Waals surface area contributed by atoms with Crippen molar-refractivity contribution in [3.05, 3.63) is 29.2 Å². The van der Waals surface area contributed by atoms with Gasteiger partial charge in [-0.3, -0.25) is 14.3 Å². The Hall–Kier alpha value is -2.84. The highest BCUT2D eigenvalue weighted by atomic mass is 16.6. The highest BCUT2D eigenvalue weighted by molar-refractivity contribution is 5.97. The largest absolute Gasteiger partial charge is 0.444 e. The zero-order chi connectivity index (χ0) is 22.2. The van der Waals surface area contributed by atoms with Crippen LogP contribution in [0.1, 0.15) is 42.5 Å². The molecule has 0 saturated heterocycles. The Morgan fingerprint density at radius 1 is 1.23 bits per heavy atom. The van der Waals surface area contributed by atoms with Gasteiger partial charge in [0.2, 0.25) is 0 Å². The molecule has 0 aliphatic carbocycles. The SMILES string of the molecule is CN(C)C=CC(=O)C1CN(C)C(=O)c2c3c(nn2C1)CCN(C(=O)OC(C)(C)C)C3. The lowest BCUT2D eigenvalue weighted by Crippen LogP contribution is -2.40. The van der Waals surface area contributed by atoms with Crippen molar-refractivity contribution in [2.75, 3.05) is 34.2 Å². The van der Waals surface area contributed by atoms with E-state index in [-0.39, 0.29) is 24.2 Å².